The highest BCUT2D eigenvalue weighted by Crippen LogP contribution is 2.28. The smallest absolute Gasteiger partial charge is 0.309 e. The molecule has 0 aromatic heterocycles. The van der Waals surface area contributed by atoms with Gasteiger partial charge < -0.3 is 14.5 Å². The van der Waals surface area contributed by atoms with E-state index in [1.807, 2.05) is 47.4 Å². The van der Waals surface area contributed by atoms with E-state index < -0.39 is 6.04 Å². The van der Waals surface area contributed by atoms with Gasteiger partial charge in [0.25, 0.3) is 5.91 Å². The molecular formula is C26H30N2O4S. The minimum atomic E-state index is -0.530. The van der Waals surface area contributed by atoms with E-state index in [0.717, 1.165) is 11.3 Å². The predicted octanol–water partition coefficient (Wildman–Crippen LogP) is 3.75. The zero-order valence-corrected chi connectivity index (χ0v) is 19.8. The lowest BCUT2D eigenvalue weighted by Gasteiger charge is -2.36. The summed E-state index contributed by atoms with van der Waals surface area (Å²) in [4.78, 5) is 42.4. The van der Waals surface area contributed by atoms with Gasteiger partial charge in [0, 0.05) is 36.7 Å². The van der Waals surface area contributed by atoms with E-state index in [0.29, 0.717) is 50.4 Å². The van der Waals surface area contributed by atoms with Crippen molar-refractivity contribution in [1.82, 2.24) is 9.80 Å². The molecule has 4 rings (SSSR count). The van der Waals surface area contributed by atoms with E-state index in [1.165, 1.54) is 5.56 Å². The molecular weight excluding hydrogens is 436 g/mol. The second-order valence-electron chi connectivity index (χ2n) is 8.46. The van der Waals surface area contributed by atoms with Gasteiger partial charge in [-0.05, 0) is 37.0 Å². The quantitative estimate of drug-likeness (QED) is 0.555. The highest BCUT2D eigenvalue weighted by molar-refractivity contribution is 7.98. The average molecular weight is 467 g/mol. The number of benzene rings is 2. The van der Waals surface area contributed by atoms with Crippen molar-refractivity contribution in [3.8, 4) is 0 Å². The summed E-state index contributed by atoms with van der Waals surface area (Å²) in [5.41, 5.74) is 2.85. The van der Waals surface area contributed by atoms with Crippen LogP contribution in [0, 0.1) is 5.92 Å². The zero-order valence-electron chi connectivity index (χ0n) is 18.9. The third-order valence-corrected chi connectivity index (χ3v) is 7.41. The molecule has 2 aromatic carbocycles. The summed E-state index contributed by atoms with van der Waals surface area (Å²) in [6, 6.07) is 17.2. The highest BCUT2D eigenvalue weighted by atomic mass is 32.2. The first-order valence-electron chi connectivity index (χ1n) is 11.5. The van der Waals surface area contributed by atoms with Crippen LogP contribution in [0.3, 0.4) is 0 Å². The fraction of sp³-hybridized carbons (Fsp3) is 0.423. The molecule has 1 saturated heterocycles. The predicted molar refractivity (Wildman–Crippen MR) is 129 cm³/mol. The fourth-order valence-electron chi connectivity index (χ4n) is 4.49. The molecule has 174 valence electrons. The Labute approximate surface area is 199 Å². The average Bonchev–Trinajstić information content (AvgIpc) is 3.18. The first-order valence-corrected chi connectivity index (χ1v) is 12.7. The highest BCUT2D eigenvalue weighted by Gasteiger charge is 2.39. The first-order chi connectivity index (χ1) is 16.1. The summed E-state index contributed by atoms with van der Waals surface area (Å²) in [7, 11) is 0. The van der Waals surface area contributed by atoms with Crippen molar-refractivity contribution in [2.75, 3.05) is 25.4 Å². The fourth-order valence-corrected chi connectivity index (χ4v) is 5.58. The van der Waals surface area contributed by atoms with Crippen LogP contribution in [0.5, 0.6) is 0 Å². The van der Waals surface area contributed by atoms with Gasteiger partial charge in [-0.1, -0.05) is 48.5 Å². The van der Waals surface area contributed by atoms with Crippen LogP contribution in [0.4, 0.5) is 0 Å². The Bertz CT molecular complexity index is 989. The summed E-state index contributed by atoms with van der Waals surface area (Å²) in [6.45, 7) is 3.65. The van der Waals surface area contributed by atoms with Crippen molar-refractivity contribution in [2.45, 2.75) is 38.1 Å². The maximum absolute atomic E-state index is 13.6. The van der Waals surface area contributed by atoms with Gasteiger partial charge in [0.1, 0.15) is 6.04 Å². The molecule has 0 N–H and O–H groups in total. The second-order valence-corrected chi connectivity index (χ2v) is 9.49. The normalized spacial score (nSPS) is 17.1. The minimum Gasteiger partial charge on any atom is -0.466 e. The molecule has 0 aliphatic carbocycles. The molecule has 0 unspecified atom stereocenters. The van der Waals surface area contributed by atoms with E-state index in [-0.39, 0.29) is 23.7 Å². The number of ether oxygens (including phenoxy) is 1. The lowest BCUT2D eigenvalue weighted by atomic mass is 9.96. The molecule has 0 radical (unpaired) electrons. The number of amides is 2. The maximum Gasteiger partial charge on any atom is 0.309 e. The van der Waals surface area contributed by atoms with Crippen LogP contribution in [0.2, 0.25) is 0 Å². The Morgan fingerprint density at radius 1 is 1.06 bits per heavy atom. The SMILES string of the molecule is CCOC(=O)C1CCN(C(=O)[C@H](CSCc2ccccc2)N2Cc3ccccc3C2=O)CC1. The standard InChI is InChI=1S/C26H30N2O4S/c1-2-32-26(31)20-12-14-27(15-13-20)25(30)23(18-33-17-19-8-4-3-5-9-19)28-16-21-10-6-7-11-22(21)24(28)29/h3-11,20,23H,2,12-18H2,1H3/t23-/m0/s1. The van der Waals surface area contributed by atoms with E-state index in [1.54, 1.807) is 23.6 Å². The number of carbonyl (C=O) groups is 3. The number of carbonyl (C=O) groups excluding carboxylic acids is 3. The van der Waals surface area contributed by atoms with E-state index in [4.69, 9.17) is 4.74 Å². The number of piperidine rings is 1. The summed E-state index contributed by atoms with van der Waals surface area (Å²) in [6.07, 6.45) is 1.20. The van der Waals surface area contributed by atoms with Gasteiger partial charge in [-0.3, -0.25) is 14.4 Å². The molecule has 2 heterocycles. The number of esters is 1. The van der Waals surface area contributed by atoms with Crippen LogP contribution in [-0.4, -0.2) is 59.1 Å². The minimum absolute atomic E-state index is 0.0287. The number of fused-ring (bicyclic) bond motifs is 1. The molecule has 33 heavy (non-hydrogen) atoms. The van der Waals surface area contributed by atoms with Crippen LogP contribution in [-0.2, 0) is 26.6 Å². The van der Waals surface area contributed by atoms with E-state index >= 15 is 0 Å². The van der Waals surface area contributed by atoms with Gasteiger partial charge in [-0.15, -0.1) is 0 Å². The van der Waals surface area contributed by atoms with Crippen molar-refractivity contribution < 1.29 is 19.1 Å². The Balaban J connectivity index is 1.45. The molecule has 2 aliphatic rings. The van der Waals surface area contributed by atoms with E-state index in [2.05, 4.69) is 12.1 Å². The third-order valence-electron chi connectivity index (χ3n) is 6.32. The Morgan fingerprint density at radius 2 is 1.76 bits per heavy atom. The van der Waals surface area contributed by atoms with Crippen LogP contribution >= 0.6 is 11.8 Å². The summed E-state index contributed by atoms with van der Waals surface area (Å²) < 4.78 is 5.15. The first kappa shape index (κ1) is 23.4. The zero-order chi connectivity index (χ0) is 23.2. The van der Waals surface area contributed by atoms with Crippen molar-refractivity contribution in [1.29, 1.82) is 0 Å². The summed E-state index contributed by atoms with van der Waals surface area (Å²) in [5.74, 6) is 0.877. The van der Waals surface area contributed by atoms with Gasteiger partial charge in [-0.2, -0.15) is 11.8 Å². The Kier molecular flexibility index (Phi) is 7.70. The van der Waals surface area contributed by atoms with Crippen LogP contribution in [0.1, 0.15) is 41.3 Å². The monoisotopic (exact) mass is 466 g/mol. The topological polar surface area (TPSA) is 66.9 Å². The van der Waals surface area contributed by atoms with Crippen molar-refractivity contribution in [2.24, 2.45) is 5.92 Å². The lowest BCUT2D eigenvalue weighted by molar-refractivity contribution is -0.151. The number of hydrogen-bond acceptors (Lipinski definition) is 5. The van der Waals surface area contributed by atoms with Gasteiger partial charge >= 0.3 is 5.97 Å². The molecule has 1 fully saturated rings. The van der Waals surface area contributed by atoms with Crippen LogP contribution in [0.15, 0.2) is 54.6 Å². The molecule has 0 spiro atoms. The van der Waals surface area contributed by atoms with Crippen LogP contribution in [0.25, 0.3) is 0 Å². The number of nitrogens with zero attached hydrogens (tertiary/aromatic N) is 2. The molecule has 6 nitrogen and oxygen atoms in total. The molecule has 1 atom stereocenters. The Hall–Kier alpha value is -2.80. The molecule has 0 saturated carbocycles. The van der Waals surface area contributed by atoms with Crippen molar-refractivity contribution in [3.05, 3.63) is 71.3 Å². The van der Waals surface area contributed by atoms with Crippen molar-refractivity contribution in [3.63, 3.8) is 0 Å². The number of likely N-dealkylation sites (tertiary alicyclic amines) is 1. The largest absolute Gasteiger partial charge is 0.466 e. The number of rotatable bonds is 8. The number of thioether (sulfide) groups is 1. The Morgan fingerprint density at radius 3 is 2.45 bits per heavy atom. The maximum atomic E-state index is 13.6. The molecule has 7 heteroatoms. The lowest BCUT2D eigenvalue weighted by Crippen LogP contribution is -2.52. The molecule has 2 aromatic rings. The molecule has 0 bridgehead atoms. The van der Waals surface area contributed by atoms with Gasteiger partial charge in [0.15, 0.2) is 0 Å². The summed E-state index contributed by atoms with van der Waals surface area (Å²) in [5, 5.41) is 0. The van der Waals surface area contributed by atoms with Crippen LogP contribution < -0.4 is 0 Å². The second kappa shape index (κ2) is 10.9. The van der Waals surface area contributed by atoms with Gasteiger partial charge in [0.05, 0.1) is 12.5 Å². The molecule has 2 amide bonds. The van der Waals surface area contributed by atoms with Gasteiger partial charge in [-0.25, -0.2) is 0 Å². The summed E-state index contributed by atoms with van der Waals surface area (Å²) >= 11 is 1.67. The van der Waals surface area contributed by atoms with E-state index in [9.17, 15) is 14.4 Å². The number of hydrogen-bond donors (Lipinski definition) is 0. The molecule has 2 aliphatic heterocycles. The van der Waals surface area contributed by atoms with Gasteiger partial charge in [0.2, 0.25) is 5.91 Å². The third kappa shape index (κ3) is 5.41. The van der Waals surface area contributed by atoms with Crippen molar-refractivity contribution >= 4 is 29.5 Å².